The van der Waals surface area contributed by atoms with Gasteiger partial charge in [-0.15, -0.1) is 0 Å². The molecule has 7 nitrogen and oxygen atoms in total. The van der Waals surface area contributed by atoms with Crippen LogP contribution in [0.4, 0.5) is 0 Å². The molecule has 1 atom stereocenters. The van der Waals surface area contributed by atoms with E-state index in [0.29, 0.717) is 0 Å². The molecule has 9 aromatic rings. The van der Waals surface area contributed by atoms with E-state index in [2.05, 4.69) is 135 Å². The highest BCUT2D eigenvalue weighted by atomic mass is 16.5. The highest BCUT2D eigenvalue weighted by molar-refractivity contribution is 6.08. The molecule has 0 saturated heterocycles. The maximum Gasteiger partial charge on any atom is 0.423 e. The minimum absolute atomic E-state index is 0.813. The molecule has 0 bridgehead atoms. The predicted molar refractivity (Wildman–Crippen MR) is 174 cm³/mol. The Morgan fingerprint density at radius 3 is 2.30 bits per heavy atom. The average molecular weight is 594 g/mol. The summed E-state index contributed by atoms with van der Waals surface area (Å²) < 4.78 is 20.1. The number of para-hydroxylation sites is 2. The monoisotopic (exact) mass is 593 g/mol. The van der Waals surface area contributed by atoms with E-state index in [0.717, 1.165) is 78.5 Å². The Morgan fingerprint density at radius 2 is 1.41 bits per heavy atom. The fraction of sp³-hybridized carbons (Fsp3) is 0.0513. The largest absolute Gasteiger partial charge is 0.456 e. The van der Waals surface area contributed by atoms with Crippen molar-refractivity contribution in [3.05, 3.63) is 138 Å². The molecule has 46 heavy (non-hydrogen) atoms. The summed E-state index contributed by atoms with van der Waals surface area (Å²) >= 11 is 0. The van der Waals surface area contributed by atoms with Crippen LogP contribution in [0.15, 0.2) is 126 Å². The van der Waals surface area contributed by atoms with Crippen LogP contribution < -0.4 is 14.1 Å². The van der Waals surface area contributed by atoms with Gasteiger partial charge in [-0.25, -0.2) is 0 Å². The van der Waals surface area contributed by atoms with Crippen molar-refractivity contribution in [3.8, 4) is 34.1 Å². The first-order valence-corrected chi connectivity index (χ1v) is 15.6. The lowest BCUT2D eigenvalue weighted by Crippen LogP contribution is -2.77. The van der Waals surface area contributed by atoms with Gasteiger partial charge in [0.2, 0.25) is 0 Å². The number of aromatic nitrogens is 5. The Balaban J connectivity index is 1.24. The van der Waals surface area contributed by atoms with Crippen LogP contribution in [0.3, 0.4) is 0 Å². The molecule has 1 spiro atoms. The number of pyridine rings is 1. The third-order valence-electron chi connectivity index (χ3n) is 10.3. The smallest absolute Gasteiger partial charge is 0.423 e. The Hall–Kier alpha value is -6.21. The van der Waals surface area contributed by atoms with E-state index in [1.807, 2.05) is 12.1 Å². The fourth-order valence-electron chi connectivity index (χ4n) is 8.60. The molecule has 0 radical (unpaired) electrons. The van der Waals surface area contributed by atoms with Gasteiger partial charge in [0, 0.05) is 26.8 Å². The number of hydrogen-bond acceptors (Lipinski definition) is 3. The Kier molecular flexibility index (Phi) is 3.80. The lowest BCUT2D eigenvalue weighted by atomic mass is 9.85. The van der Waals surface area contributed by atoms with Gasteiger partial charge in [-0.05, 0) is 73.7 Å². The lowest BCUT2D eigenvalue weighted by molar-refractivity contribution is -1.01. The molecule has 0 amide bonds. The summed E-state index contributed by atoms with van der Waals surface area (Å²) in [6, 6.07) is 40.5. The molecule has 7 heterocycles. The topological polar surface area (TPSA) is 52.9 Å². The van der Waals surface area contributed by atoms with Gasteiger partial charge in [-0.2, -0.15) is 9.13 Å². The molecule has 214 valence electrons. The van der Waals surface area contributed by atoms with Crippen molar-refractivity contribution in [1.82, 2.24) is 14.3 Å². The van der Waals surface area contributed by atoms with Gasteiger partial charge in [0.25, 0.3) is 0 Å². The molecular formula is C39H23N5O2+2. The standard InChI is InChI=1S/C39H23N5O2/c1-22-37(23-18-19-26-25-10-3-5-15-31(25)45-34(26)21-23)40-44-39-35-29(13-6-16-32(35)46-33-17-7-14-30(36(33)39)43(22)44)42-28-12-4-2-9-24(28)27-11-8-20-41(39)38(27)42/h2-21H,1H3/q+2. The van der Waals surface area contributed by atoms with Crippen molar-refractivity contribution in [2.24, 2.45) is 0 Å². The van der Waals surface area contributed by atoms with E-state index in [1.54, 1.807) is 0 Å². The van der Waals surface area contributed by atoms with Gasteiger partial charge < -0.3 is 9.15 Å². The number of benzene rings is 5. The minimum Gasteiger partial charge on any atom is -0.456 e. The van der Waals surface area contributed by atoms with Crippen molar-refractivity contribution in [1.29, 1.82) is 0 Å². The summed E-state index contributed by atoms with van der Waals surface area (Å²) in [6.07, 6.45) is 2.20. The Morgan fingerprint density at radius 1 is 0.674 bits per heavy atom. The van der Waals surface area contributed by atoms with Crippen LogP contribution in [0.2, 0.25) is 0 Å². The molecule has 0 fully saturated rings. The number of hydrogen-bond donors (Lipinski definition) is 0. The van der Waals surface area contributed by atoms with Gasteiger partial charge in [-0.3, -0.25) is 0 Å². The molecule has 3 aliphatic heterocycles. The number of furan rings is 1. The highest BCUT2D eigenvalue weighted by Gasteiger charge is 2.70. The van der Waals surface area contributed by atoms with Gasteiger partial charge in [0.15, 0.2) is 22.5 Å². The maximum absolute atomic E-state index is 6.75. The third-order valence-corrected chi connectivity index (χ3v) is 10.3. The van der Waals surface area contributed by atoms with Crippen molar-refractivity contribution in [2.45, 2.75) is 12.6 Å². The SMILES string of the molecule is Cc1c(-c2ccc3c(c2)oc2ccccc23)n[n+]2n1-c1cccc3c1C21c2c(cccc2-n2c4ccccc4c4ccc[n+]1c42)O3. The van der Waals surface area contributed by atoms with E-state index in [-0.39, 0.29) is 0 Å². The van der Waals surface area contributed by atoms with E-state index in [9.17, 15) is 0 Å². The molecule has 7 heteroatoms. The molecule has 5 aromatic carbocycles. The van der Waals surface area contributed by atoms with Crippen LogP contribution >= 0.6 is 0 Å². The first-order chi connectivity index (χ1) is 22.7. The summed E-state index contributed by atoms with van der Waals surface area (Å²) in [6.45, 7) is 2.16. The lowest BCUT2D eigenvalue weighted by Gasteiger charge is -2.31. The summed E-state index contributed by atoms with van der Waals surface area (Å²) in [7, 11) is 0. The zero-order chi connectivity index (χ0) is 29.9. The van der Waals surface area contributed by atoms with Crippen LogP contribution in [0, 0.1) is 6.92 Å². The molecule has 0 saturated carbocycles. The van der Waals surface area contributed by atoms with Gasteiger partial charge in [-0.1, -0.05) is 53.2 Å². The normalized spacial score (nSPS) is 16.6. The maximum atomic E-state index is 6.75. The zero-order valence-corrected chi connectivity index (χ0v) is 24.6. The second-order valence-electron chi connectivity index (χ2n) is 12.5. The van der Waals surface area contributed by atoms with Crippen molar-refractivity contribution >= 4 is 43.9 Å². The van der Waals surface area contributed by atoms with Crippen LogP contribution in [0.25, 0.3) is 66.5 Å². The van der Waals surface area contributed by atoms with Crippen LogP contribution in [0.5, 0.6) is 11.5 Å². The highest BCUT2D eigenvalue weighted by Crippen LogP contribution is 2.54. The van der Waals surface area contributed by atoms with Gasteiger partial charge >= 0.3 is 11.3 Å². The van der Waals surface area contributed by atoms with E-state index < -0.39 is 5.66 Å². The average Bonchev–Trinajstić information content (AvgIpc) is 3.82. The molecule has 1 unspecified atom stereocenters. The second-order valence-corrected chi connectivity index (χ2v) is 12.5. The zero-order valence-electron chi connectivity index (χ0n) is 24.6. The minimum atomic E-state index is -0.813. The molecular weight excluding hydrogens is 570 g/mol. The molecule has 0 aliphatic carbocycles. The summed E-state index contributed by atoms with van der Waals surface area (Å²) in [5.74, 6) is 1.68. The van der Waals surface area contributed by atoms with Crippen molar-refractivity contribution in [2.75, 3.05) is 0 Å². The summed E-state index contributed by atoms with van der Waals surface area (Å²) in [5.41, 5.74) is 10.5. The molecule has 12 rings (SSSR count). The first-order valence-electron chi connectivity index (χ1n) is 15.6. The van der Waals surface area contributed by atoms with E-state index in [1.165, 1.54) is 16.3 Å². The summed E-state index contributed by atoms with van der Waals surface area (Å²) in [4.78, 5) is 2.19. The number of ether oxygens (including phenoxy) is 1. The van der Waals surface area contributed by atoms with Crippen molar-refractivity contribution in [3.63, 3.8) is 0 Å². The Bertz CT molecular complexity index is 2870. The summed E-state index contributed by atoms with van der Waals surface area (Å²) in [5, 5.41) is 10.2. The van der Waals surface area contributed by atoms with Crippen LogP contribution in [0.1, 0.15) is 16.8 Å². The van der Waals surface area contributed by atoms with Gasteiger partial charge in [0.05, 0.1) is 16.4 Å². The quantitative estimate of drug-likeness (QED) is 0.186. The van der Waals surface area contributed by atoms with E-state index >= 15 is 0 Å². The molecule has 0 N–H and O–H groups in total. The fourth-order valence-corrected chi connectivity index (χ4v) is 8.60. The van der Waals surface area contributed by atoms with Crippen LogP contribution in [-0.2, 0) is 5.66 Å². The second kappa shape index (κ2) is 7.53. The van der Waals surface area contributed by atoms with Gasteiger partial charge in [0.1, 0.15) is 39.6 Å². The number of fused-ring (bicyclic) bond motifs is 9. The number of nitrogens with zero attached hydrogens (tertiary/aromatic N) is 5. The molecule has 4 aromatic heterocycles. The van der Waals surface area contributed by atoms with E-state index in [4.69, 9.17) is 14.3 Å². The predicted octanol–water partition coefficient (Wildman–Crippen LogP) is 7.45. The molecule has 3 aliphatic rings. The van der Waals surface area contributed by atoms with Crippen molar-refractivity contribution < 1.29 is 18.5 Å². The first kappa shape index (κ1) is 23.2. The third kappa shape index (κ3) is 2.37. The van der Waals surface area contributed by atoms with Crippen LogP contribution in [-0.4, -0.2) is 14.3 Å². The number of rotatable bonds is 1. The Labute approximate surface area is 261 Å².